The van der Waals surface area contributed by atoms with Crippen molar-refractivity contribution in [1.82, 2.24) is 14.5 Å². The Hall–Kier alpha value is -2.58. The first-order chi connectivity index (χ1) is 14.9. The molecule has 2 aromatic heterocycles. The number of carbonyl (C=O) groups excluding carboxylic acids is 1. The third-order valence-electron chi connectivity index (χ3n) is 4.25. The van der Waals surface area contributed by atoms with Gasteiger partial charge >= 0.3 is 0 Å². The molecule has 1 N–H and O–H groups in total. The molecule has 0 fully saturated rings. The molecular formula is C21H13Cl3N4O2S. The molecule has 4 aromatic rings. The lowest BCUT2D eigenvalue weighted by Crippen LogP contribution is -2.23. The molecule has 10 heteroatoms. The first-order valence-corrected chi connectivity index (χ1v) is 11.1. The van der Waals surface area contributed by atoms with Crippen molar-refractivity contribution in [3.8, 4) is 5.69 Å². The first-order valence-electron chi connectivity index (χ1n) is 8.94. The molecule has 156 valence electrons. The maximum absolute atomic E-state index is 13.2. The number of nitrogens with one attached hydrogen (secondary N) is 1. The molecular weight excluding hydrogens is 479 g/mol. The predicted molar refractivity (Wildman–Crippen MR) is 126 cm³/mol. The van der Waals surface area contributed by atoms with Crippen LogP contribution < -0.4 is 10.9 Å². The third-order valence-corrected chi connectivity index (χ3v) is 5.98. The first kappa shape index (κ1) is 21.6. The minimum atomic E-state index is -0.317. The van der Waals surface area contributed by atoms with Gasteiger partial charge in [-0.05, 0) is 54.6 Å². The van der Waals surface area contributed by atoms with Gasteiger partial charge in [0, 0.05) is 16.2 Å². The number of hydrogen-bond acceptors (Lipinski definition) is 5. The monoisotopic (exact) mass is 490 g/mol. The van der Waals surface area contributed by atoms with Gasteiger partial charge in [0.05, 0.1) is 28.0 Å². The second kappa shape index (κ2) is 9.28. The summed E-state index contributed by atoms with van der Waals surface area (Å²) in [5, 5.41) is 4.65. The number of fused-ring (bicyclic) bond motifs is 1. The van der Waals surface area contributed by atoms with Gasteiger partial charge in [-0.2, -0.15) is 0 Å². The van der Waals surface area contributed by atoms with Gasteiger partial charge in [0.2, 0.25) is 5.91 Å². The van der Waals surface area contributed by atoms with Crippen LogP contribution in [0.1, 0.15) is 0 Å². The SMILES string of the molecule is O=C(CSc1nc2cc(Cl)ccc2c(=O)n1-c1ccc(Cl)cc1)Nc1cccnc1Cl. The van der Waals surface area contributed by atoms with Crippen LogP contribution in [-0.4, -0.2) is 26.2 Å². The standard InChI is InChI=1S/C21H13Cl3N4O2S/c22-12-3-6-14(7-4-12)28-20(30)15-8-5-13(23)10-17(15)27-21(28)31-11-18(29)26-16-2-1-9-25-19(16)24/h1-10H,11H2,(H,26,29). The fourth-order valence-electron chi connectivity index (χ4n) is 2.85. The predicted octanol–water partition coefficient (Wildman–Crippen LogP) is 5.47. The van der Waals surface area contributed by atoms with Crippen LogP contribution in [0, 0.1) is 0 Å². The summed E-state index contributed by atoms with van der Waals surface area (Å²) in [6.45, 7) is 0. The van der Waals surface area contributed by atoms with Gasteiger partial charge in [-0.15, -0.1) is 0 Å². The Morgan fingerprint density at radius 2 is 1.77 bits per heavy atom. The van der Waals surface area contributed by atoms with Gasteiger partial charge in [-0.1, -0.05) is 46.6 Å². The number of pyridine rings is 1. The van der Waals surface area contributed by atoms with Crippen molar-refractivity contribution >= 4 is 69.1 Å². The molecule has 0 aliphatic rings. The van der Waals surface area contributed by atoms with Crippen molar-refractivity contribution in [1.29, 1.82) is 0 Å². The van der Waals surface area contributed by atoms with Crippen molar-refractivity contribution in [2.75, 3.05) is 11.1 Å². The van der Waals surface area contributed by atoms with Crippen molar-refractivity contribution in [2.45, 2.75) is 5.16 Å². The van der Waals surface area contributed by atoms with Crippen LogP contribution in [-0.2, 0) is 4.79 Å². The van der Waals surface area contributed by atoms with Crippen LogP contribution in [0.15, 0.2) is 70.7 Å². The zero-order chi connectivity index (χ0) is 22.0. The highest BCUT2D eigenvalue weighted by molar-refractivity contribution is 7.99. The molecule has 31 heavy (non-hydrogen) atoms. The number of hydrogen-bond donors (Lipinski definition) is 1. The Bertz CT molecular complexity index is 1340. The number of carbonyl (C=O) groups is 1. The van der Waals surface area contributed by atoms with E-state index in [1.54, 1.807) is 54.6 Å². The van der Waals surface area contributed by atoms with Crippen LogP contribution in [0.25, 0.3) is 16.6 Å². The summed E-state index contributed by atoms with van der Waals surface area (Å²) in [4.78, 5) is 34.2. The van der Waals surface area contributed by atoms with E-state index in [0.717, 1.165) is 11.8 Å². The number of rotatable bonds is 5. The third kappa shape index (κ3) is 4.85. The van der Waals surface area contributed by atoms with Crippen molar-refractivity contribution in [3.63, 3.8) is 0 Å². The summed E-state index contributed by atoms with van der Waals surface area (Å²) in [7, 11) is 0. The van der Waals surface area contributed by atoms with E-state index in [2.05, 4.69) is 15.3 Å². The van der Waals surface area contributed by atoms with Gasteiger partial charge in [0.15, 0.2) is 10.3 Å². The van der Waals surface area contributed by atoms with Crippen molar-refractivity contribution < 1.29 is 4.79 Å². The number of amides is 1. The lowest BCUT2D eigenvalue weighted by molar-refractivity contribution is -0.113. The lowest BCUT2D eigenvalue weighted by atomic mass is 10.2. The van der Waals surface area contributed by atoms with Crippen LogP contribution in [0.5, 0.6) is 0 Å². The average molecular weight is 492 g/mol. The molecule has 0 unspecified atom stereocenters. The van der Waals surface area contributed by atoms with E-state index in [-0.39, 0.29) is 22.4 Å². The summed E-state index contributed by atoms with van der Waals surface area (Å²) in [6, 6.07) is 15.0. The number of halogens is 3. The van der Waals surface area contributed by atoms with Gasteiger partial charge < -0.3 is 5.32 Å². The highest BCUT2D eigenvalue weighted by atomic mass is 35.5. The average Bonchev–Trinajstić information content (AvgIpc) is 2.75. The Balaban J connectivity index is 1.70. The van der Waals surface area contributed by atoms with Gasteiger partial charge in [-0.25, -0.2) is 9.97 Å². The minimum absolute atomic E-state index is 0.00265. The fraction of sp³-hybridized carbons (Fsp3) is 0.0476. The zero-order valence-corrected chi connectivity index (χ0v) is 18.8. The highest BCUT2D eigenvalue weighted by Crippen LogP contribution is 2.24. The molecule has 0 atom stereocenters. The molecule has 0 spiro atoms. The van der Waals surface area contributed by atoms with E-state index >= 15 is 0 Å². The quantitative estimate of drug-likeness (QED) is 0.227. The smallest absolute Gasteiger partial charge is 0.266 e. The Morgan fingerprint density at radius 1 is 1.03 bits per heavy atom. The molecule has 6 nitrogen and oxygen atoms in total. The Labute approximate surface area is 196 Å². The number of benzene rings is 2. The van der Waals surface area contributed by atoms with Crippen LogP contribution in [0.2, 0.25) is 15.2 Å². The lowest BCUT2D eigenvalue weighted by Gasteiger charge is -2.13. The zero-order valence-electron chi connectivity index (χ0n) is 15.7. The summed E-state index contributed by atoms with van der Waals surface area (Å²) < 4.78 is 1.45. The molecule has 4 rings (SSSR count). The van der Waals surface area contributed by atoms with Crippen molar-refractivity contribution in [3.05, 3.63) is 86.3 Å². The molecule has 2 heterocycles. The van der Waals surface area contributed by atoms with E-state index in [1.807, 2.05) is 0 Å². The molecule has 2 aromatic carbocycles. The molecule has 1 amide bonds. The van der Waals surface area contributed by atoms with Crippen LogP contribution in [0.3, 0.4) is 0 Å². The van der Waals surface area contributed by atoms with Gasteiger partial charge in [0.1, 0.15) is 0 Å². The van der Waals surface area contributed by atoms with E-state index in [9.17, 15) is 9.59 Å². The van der Waals surface area contributed by atoms with E-state index in [4.69, 9.17) is 34.8 Å². The number of anilines is 1. The number of aromatic nitrogens is 3. The molecule has 0 radical (unpaired) electrons. The van der Waals surface area contributed by atoms with E-state index < -0.39 is 0 Å². The number of thioether (sulfide) groups is 1. The number of nitrogens with zero attached hydrogens (tertiary/aromatic N) is 3. The van der Waals surface area contributed by atoms with Crippen LogP contribution >= 0.6 is 46.6 Å². The summed E-state index contributed by atoms with van der Waals surface area (Å²) in [6.07, 6.45) is 1.53. The normalized spacial score (nSPS) is 10.9. The minimum Gasteiger partial charge on any atom is -0.323 e. The summed E-state index contributed by atoms with van der Waals surface area (Å²) in [5.74, 6) is -0.319. The molecule has 0 aliphatic heterocycles. The fourth-order valence-corrected chi connectivity index (χ4v) is 4.12. The van der Waals surface area contributed by atoms with Gasteiger partial charge in [0.25, 0.3) is 5.56 Å². The topological polar surface area (TPSA) is 76.9 Å². The Kier molecular flexibility index (Phi) is 6.48. The van der Waals surface area contributed by atoms with Crippen molar-refractivity contribution in [2.24, 2.45) is 0 Å². The van der Waals surface area contributed by atoms with E-state index in [0.29, 0.717) is 37.5 Å². The second-order valence-corrected chi connectivity index (χ2v) is 8.52. The molecule has 0 saturated heterocycles. The van der Waals surface area contributed by atoms with E-state index in [1.165, 1.54) is 10.8 Å². The molecule has 0 bridgehead atoms. The molecule has 0 aliphatic carbocycles. The van der Waals surface area contributed by atoms with Crippen LogP contribution in [0.4, 0.5) is 5.69 Å². The summed E-state index contributed by atoms with van der Waals surface area (Å²) in [5.41, 5.74) is 1.16. The maximum atomic E-state index is 13.2. The van der Waals surface area contributed by atoms with Gasteiger partial charge in [-0.3, -0.25) is 14.2 Å². The second-order valence-electron chi connectivity index (χ2n) is 6.35. The Morgan fingerprint density at radius 3 is 2.52 bits per heavy atom. The maximum Gasteiger partial charge on any atom is 0.266 e. The highest BCUT2D eigenvalue weighted by Gasteiger charge is 2.16. The molecule has 0 saturated carbocycles. The summed E-state index contributed by atoms with van der Waals surface area (Å²) >= 11 is 19.2. The largest absolute Gasteiger partial charge is 0.323 e.